The molecule has 4 nitrogen and oxygen atoms in total. The maximum atomic E-state index is 12.2. The van der Waals surface area contributed by atoms with Gasteiger partial charge in [0.2, 0.25) is 0 Å². The number of nitrogens with one attached hydrogen (secondary N) is 1. The summed E-state index contributed by atoms with van der Waals surface area (Å²) in [5, 5.41) is 12.4. The summed E-state index contributed by atoms with van der Waals surface area (Å²) in [5.74, 6) is 0.578. The number of methoxy groups -OCH3 is 1. The van der Waals surface area contributed by atoms with Gasteiger partial charge in [-0.3, -0.25) is 4.79 Å². The van der Waals surface area contributed by atoms with E-state index in [1.807, 2.05) is 0 Å². The van der Waals surface area contributed by atoms with E-state index in [1.54, 1.807) is 18.2 Å². The number of amides is 1. The summed E-state index contributed by atoms with van der Waals surface area (Å²) in [5.41, 5.74) is 0.469. The predicted molar refractivity (Wildman–Crippen MR) is 80.4 cm³/mol. The minimum Gasteiger partial charge on any atom is -0.496 e. The van der Waals surface area contributed by atoms with Crippen LogP contribution in [0.2, 0.25) is 5.02 Å². The van der Waals surface area contributed by atoms with Gasteiger partial charge in [0.25, 0.3) is 5.91 Å². The van der Waals surface area contributed by atoms with Crippen molar-refractivity contribution < 1.29 is 14.6 Å². The Bertz CT molecular complexity index is 431. The SMILES string of the molecule is CCCC(CCO)CNC(=O)c1ccc(Cl)cc1OC. The van der Waals surface area contributed by atoms with Gasteiger partial charge in [-0.2, -0.15) is 0 Å². The zero-order valence-corrected chi connectivity index (χ0v) is 12.7. The number of benzene rings is 1. The normalized spacial score (nSPS) is 12.0. The van der Waals surface area contributed by atoms with E-state index in [1.165, 1.54) is 7.11 Å². The van der Waals surface area contributed by atoms with Crippen molar-refractivity contribution in [2.45, 2.75) is 26.2 Å². The van der Waals surface area contributed by atoms with Gasteiger partial charge in [-0.1, -0.05) is 24.9 Å². The first kappa shape index (κ1) is 16.8. The highest BCUT2D eigenvalue weighted by Gasteiger charge is 2.14. The molecule has 20 heavy (non-hydrogen) atoms. The van der Waals surface area contributed by atoms with E-state index in [9.17, 15) is 4.79 Å². The monoisotopic (exact) mass is 299 g/mol. The lowest BCUT2D eigenvalue weighted by atomic mass is 10.00. The first-order chi connectivity index (χ1) is 9.62. The van der Waals surface area contributed by atoms with Gasteiger partial charge >= 0.3 is 0 Å². The van der Waals surface area contributed by atoms with E-state index in [-0.39, 0.29) is 12.5 Å². The molecular formula is C15H22ClNO3. The summed E-state index contributed by atoms with van der Waals surface area (Å²) in [6, 6.07) is 4.93. The molecule has 0 saturated carbocycles. The van der Waals surface area contributed by atoms with Crippen molar-refractivity contribution >= 4 is 17.5 Å². The largest absolute Gasteiger partial charge is 0.496 e. The fourth-order valence-corrected chi connectivity index (χ4v) is 2.29. The van der Waals surface area contributed by atoms with Gasteiger partial charge in [-0.25, -0.2) is 0 Å². The molecule has 5 heteroatoms. The molecule has 0 heterocycles. The summed E-state index contributed by atoms with van der Waals surface area (Å²) < 4.78 is 5.16. The van der Waals surface area contributed by atoms with Gasteiger partial charge < -0.3 is 15.2 Å². The zero-order chi connectivity index (χ0) is 15.0. The van der Waals surface area contributed by atoms with Gasteiger partial charge in [-0.15, -0.1) is 0 Å². The number of aliphatic hydroxyl groups excluding tert-OH is 1. The van der Waals surface area contributed by atoms with Gasteiger partial charge in [0.1, 0.15) is 5.75 Å². The van der Waals surface area contributed by atoms with Gasteiger partial charge in [0.05, 0.1) is 12.7 Å². The van der Waals surface area contributed by atoms with Crippen LogP contribution >= 0.6 is 11.6 Å². The second-order valence-corrected chi connectivity index (χ2v) is 5.16. The summed E-state index contributed by atoms with van der Waals surface area (Å²) >= 11 is 5.87. The van der Waals surface area contributed by atoms with Gasteiger partial charge in [0, 0.05) is 18.2 Å². The van der Waals surface area contributed by atoms with Crippen LogP contribution in [-0.4, -0.2) is 31.3 Å². The van der Waals surface area contributed by atoms with E-state index in [2.05, 4.69) is 12.2 Å². The number of hydrogen-bond acceptors (Lipinski definition) is 3. The van der Waals surface area contributed by atoms with Crippen LogP contribution in [0.5, 0.6) is 5.75 Å². The minimum absolute atomic E-state index is 0.144. The predicted octanol–water partition coefficient (Wildman–Crippen LogP) is 2.88. The maximum Gasteiger partial charge on any atom is 0.255 e. The van der Waals surface area contributed by atoms with E-state index in [4.69, 9.17) is 21.4 Å². The third-order valence-corrected chi connectivity index (χ3v) is 3.43. The molecule has 1 aromatic carbocycles. The second-order valence-electron chi connectivity index (χ2n) is 4.72. The van der Waals surface area contributed by atoms with Crippen LogP contribution in [0.4, 0.5) is 0 Å². The third kappa shape index (κ3) is 5.02. The molecule has 1 unspecified atom stereocenters. The molecule has 1 aromatic rings. The Labute approximate surface area is 125 Å². The Morgan fingerprint density at radius 1 is 1.45 bits per heavy atom. The van der Waals surface area contributed by atoms with Crippen LogP contribution in [0.25, 0.3) is 0 Å². The lowest BCUT2D eigenvalue weighted by Gasteiger charge is -2.16. The average Bonchev–Trinajstić information content (AvgIpc) is 2.44. The van der Waals surface area contributed by atoms with E-state index >= 15 is 0 Å². The first-order valence-corrected chi connectivity index (χ1v) is 7.22. The van der Waals surface area contributed by atoms with Crippen LogP contribution in [0.1, 0.15) is 36.5 Å². The second kappa shape index (κ2) is 8.82. The van der Waals surface area contributed by atoms with E-state index in [0.717, 1.165) is 12.8 Å². The zero-order valence-electron chi connectivity index (χ0n) is 12.0. The smallest absolute Gasteiger partial charge is 0.255 e. The highest BCUT2D eigenvalue weighted by Crippen LogP contribution is 2.23. The quantitative estimate of drug-likeness (QED) is 0.776. The number of rotatable bonds is 8. The lowest BCUT2D eigenvalue weighted by Crippen LogP contribution is -2.30. The Kier molecular flexibility index (Phi) is 7.41. The van der Waals surface area contributed by atoms with Crippen LogP contribution < -0.4 is 10.1 Å². The van der Waals surface area contributed by atoms with Crippen molar-refractivity contribution in [2.24, 2.45) is 5.92 Å². The molecule has 0 saturated heterocycles. The summed E-state index contributed by atoms with van der Waals surface area (Å²) in [6.45, 7) is 2.79. The van der Waals surface area contributed by atoms with Crippen molar-refractivity contribution in [3.05, 3.63) is 28.8 Å². The number of hydrogen-bond donors (Lipinski definition) is 2. The number of halogens is 1. The molecule has 0 aliphatic heterocycles. The molecular weight excluding hydrogens is 278 g/mol. The average molecular weight is 300 g/mol. The molecule has 0 bridgehead atoms. The Balaban J connectivity index is 2.66. The molecule has 0 fully saturated rings. The Hall–Kier alpha value is -1.26. The third-order valence-electron chi connectivity index (χ3n) is 3.19. The fraction of sp³-hybridized carbons (Fsp3) is 0.533. The van der Waals surface area contributed by atoms with Crippen molar-refractivity contribution in [3.8, 4) is 5.75 Å². The summed E-state index contributed by atoms with van der Waals surface area (Å²) in [7, 11) is 1.51. The van der Waals surface area contributed by atoms with E-state index < -0.39 is 0 Å². The molecule has 1 amide bonds. The standard InChI is InChI=1S/C15H22ClNO3/c1-3-4-11(7-8-18)10-17-15(19)13-6-5-12(16)9-14(13)20-2/h5-6,9,11,18H,3-4,7-8,10H2,1-2H3,(H,17,19). The van der Waals surface area contributed by atoms with Crippen LogP contribution in [0.3, 0.4) is 0 Å². The van der Waals surface area contributed by atoms with Crippen molar-refractivity contribution in [2.75, 3.05) is 20.3 Å². The number of aliphatic hydroxyl groups is 1. The summed E-state index contributed by atoms with van der Waals surface area (Å²) in [4.78, 5) is 12.2. The summed E-state index contributed by atoms with van der Waals surface area (Å²) in [6.07, 6.45) is 2.72. The number of carbonyl (C=O) groups is 1. The number of ether oxygens (including phenoxy) is 1. The van der Waals surface area contributed by atoms with Crippen LogP contribution in [-0.2, 0) is 0 Å². The molecule has 0 aromatic heterocycles. The molecule has 1 rings (SSSR count). The molecule has 2 N–H and O–H groups in total. The molecule has 0 aliphatic carbocycles. The van der Waals surface area contributed by atoms with Crippen molar-refractivity contribution in [3.63, 3.8) is 0 Å². The maximum absolute atomic E-state index is 12.2. The highest BCUT2D eigenvalue weighted by molar-refractivity contribution is 6.30. The van der Waals surface area contributed by atoms with Crippen LogP contribution in [0, 0.1) is 5.92 Å². The molecule has 0 aliphatic rings. The fourth-order valence-electron chi connectivity index (χ4n) is 2.12. The molecule has 112 valence electrons. The van der Waals surface area contributed by atoms with Crippen LogP contribution in [0.15, 0.2) is 18.2 Å². The Morgan fingerprint density at radius 2 is 2.20 bits per heavy atom. The Morgan fingerprint density at radius 3 is 2.80 bits per heavy atom. The number of carbonyl (C=O) groups excluding carboxylic acids is 1. The van der Waals surface area contributed by atoms with Gasteiger partial charge in [0.15, 0.2) is 0 Å². The molecule has 1 atom stereocenters. The molecule has 0 radical (unpaired) electrons. The topological polar surface area (TPSA) is 58.6 Å². The van der Waals surface area contributed by atoms with E-state index in [0.29, 0.717) is 35.2 Å². The van der Waals surface area contributed by atoms with Gasteiger partial charge in [-0.05, 0) is 37.0 Å². The van der Waals surface area contributed by atoms with Crippen molar-refractivity contribution in [1.82, 2.24) is 5.32 Å². The lowest BCUT2D eigenvalue weighted by molar-refractivity contribution is 0.0940. The first-order valence-electron chi connectivity index (χ1n) is 6.85. The minimum atomic E-state index is -0.183. The highest BCUT2D eigenvalue weighted by atomic mass is 35.5. The van der Waals surface area contributed by atoms with Crippen molar-refractivity contribution in [1.29, 1.82) is 0 Å². The molecule has 0 spiro atoms.